The first-order valence-corrected chi connectivity index (χ1v) is 15.5. The van der Waals surface area contributed by atoms with Gasteiger partial charge in [0.25, 0.3) is 5.91 Å². The Morgan fingerprint density at radius 2 is 1.51 bits per heavy atom. The zero-order valence-corrected chi connectivity index (χ0v) is 23.5. The highest BCUT2D eigenvalue weighted by atomic mass is 32.2. The van der Waals surface area contributed by atoms with Crippen molar-refractivity contribution in [2.24, 2.45) is 11.8 Å². The average Bonchev–Trinajstić information content (AvgIpc) is 3.41. The maximum atomic E-state index is 13.2. The Morgan fingerprint density at radius 3 is 2.09 bits per heavy atom. The molecule has 4 rings (SSSR count). The molecule has 2 aromatic carbocycles. The molecule has 0 saturated carbocycles. The molecule has 11 heteroatoms. The predicted octanol–water partition coefficient (Wildman–Crippen LogP) is 6.18. The number of nitrogens with zero attached hydrogens (tertiary/aromatic N) is 3. The van der Waals surface area contributed by atoms with E-state index in [1.54, 1.807) is 35.2 Å². The van der Waals surface area contributed by atoms with Crippen LogP contribution in [0.5, 0.6) is 0 Å². The summed E-state index contributed by atoms with van der Waals surface area (Å²) in [6, 6.07) is 9.95. The van der Waals surface area contributed by atoms with Gasteiger partial charge in [-0.25, -0.2) is 18.4 Å². The largest absolute Gasteiger partial charge is 0.298 e. The summed E-state index contributed by atoms with van der Waals surface area (Å²) in [5, 5.41) is 3.35. The van der Waals surface area contributed by atoms with E-state index in [0.29, 0.717) is 23.8 Å². The molecule has 1 N–H and O–H groups in total. The second-order valence-electron chi connectivity index (χ2n) is 9.05. The van der Waals surface area contributed by atoms with E-state index < -0.39 is 10.0 Å². The lowest BCUT2D eigenvalue weighted by atomic mass is 10.2. The Bertz CT molecular complexity index is 1450. The first-order chi connectivity index (χ1) is 16.6. The number of nitrogens with one attached hydrogen (secondary N) is 1. The molecule has 0 aliphatic heterocycles. The summed E-state index contributed by atoms with van der Waals surface area (Å²) in [5.41, 5.74) is 2.11. The summed E-state index contributed by atoms with van der Waals surface area (Å²) in [6.45, 7) is 8.90. The van der Waals surface area contributed by atoms with Crippen molar-refractivity contribution in [2.75, 3.05) is 24.7 Å². The Kier molecular flexibility index (Phi) is 7.82. The van der Waals surface area contributed by atoms with Crippen LogP contribution >= 0.6 is 34.4 Å². The van der Waals surface area contributed by atoms with Gasteiger partial charge in [0.05, 0.1) is 25.3 Å². The highest BCUT2D eigenvalue weighted by molar-refractivity contribution is 8.00. The average molecular weight is 549 g/mol. The Morgan fingerprint density at radius 1 is 0.943 bits per heavy atom. The number of fused-ring (bicyclic) bond motifs is 3. The molecule has 0 aliphatic rings. The van der Waals surface area contributed by atoms with Gasteiger partial charge in [-0.1, -0.05) is 50.8 Å². The van der Waals surface area contributed by atoms with E-state index in [0.717, 1.165) is 24.8 Å². The number of sulfonamides is 1. The maximum Gasteiger partial charge on any atom is 0.257 e. The van der Waals surface area contributed by atoms with Crippen LogP contribution in [-0.4, -0.2) is 47.9 Å². The van der Waals surface area contributed by atoms with Crippen LogP contribution in [0.2, 0.25) is 0 Å². The van der Waals surface area contributed by atoms with Gasteiger partial charge in [-0.05, 0) is 54.5 Å². The summed E-state index contributed by atoms with van der Waals surface area (Å²) in [6.07, 6.45) is 2.00. The summed E-state index contributed by atoms with van der Waals surface area (Å²) in [4.78, 5) is 22.2. The molecule has 2 heterocycles. The first-order valence-electron chi connectivity index (χ1n) is 11.2. The zero-order valence-electron chi connectivity index (χ0n) is 20.2. The van der Waals surface area contributed by atoms with Crippen molar-refractivity contribution in [3.63, 3.8) is 0 Å². The molecule has 7 nitrogen and oxygen atoms in total. The van der Waals surface area contributed by atoms with E-state index in [1.165, 1.54) is 27.8 Å². The molecular formula is C24H28N4O3S4. The third kappa shape index (κ3) is 5.69. The standard InChI is InChI=1S/C24H28N4O3S4/c1-14(2)12-28(13-15(3)4)35(30,31)17-8-6-16(7-9-17)22(29)27-23-25-18-10-11-19-21(20(18)33-23)34-24(26-19)32-5/h6-11,14-15H,12-13H2,1-5H3,(H,25,27,29). The fraction of sp³-hybridized carbons (Fsp3) is 0.375. The number of benzene rings is 2. The molecule has 0 spiro atoms. The quantitative estimate of drug-likeness (QED) is 0.251. The molecule has 0 saturated heterocycles. The van der Waals surface area contributed by atoms with E-state index in [-0.39, 0.29) is 22.6 Å². The van der Waals surface area contributed by atoms with Crippen molar-refractivity contribution in [1.29, 1.82) is 0 Å². The molecule has 0 unspecified atom stereocenters. The Hall–Kier alpha value is -2.05. The highest BCUT2D eigenvalue weighted by Gasteiger charge is 2.26. The van der Waals surface area contributed by atoms with Crippen molar-refractivity contribution in [2.45, 2.75) is 36.9 Å². The van der Waals surface area contributed by atoms with Crippen LogP contribution in [0.25, 0.3) is 20.4 Å². The van der Waals surface area contributed by atoms with E-state index >= 15 is 0 Å². The smallest absolute Gasteiger partial charge is 0.257 e. The number of carbonyl (C=O) groups is 1. The predicted molar refractivity (Wildman–Crippen MR) is 147 cm³/mol. The highest BCUT2D eigenvalue weighted by Crippen LogP contribution is 2.38. The maximum absolute atomic E-state index is 13.2. The van der Waals surface area contributed by atoms with Gasteiger partial charge in [0.1, 0.15) is 0 Å². The minimum Gasteiger partial charge on any atom is -0.298 e. The minimum atomic E-state index is -3.65. The van der Waals surface area contributed by atoms with Gasteiger partial charge in [0.15, 0.2) is 9.47 Å². The number of thiazole rings is 2. The third-order valence-corrected chi connectivity index (χ3v) is 10.2. The molecule has 0 bridgehead atoms. The van der Waals surface area contributed by atoms with Crippen LogP contribution in [0.3, 0.4) is 0 Å². The lowest BCUT2D eigenvalue weighted by Crippen LogP contribution is -2.37. The monoisotopic (exact) mass is 548 g/mol. The van der Waals surface area contributed by atoms with Crippen LogP contribution in [0.4, 0.5) is 5.13 Å². The summed E-state index contributed by atoms with van der Waals surface area (Å²) < 4.78 is 31.0. The van der Waals surface area contributed by atoms with Crippen molar-refractivity contribution in [1.82, 2.24) is 14.3 Å². The molecule has 0 atom stereocenters. The number of anilines is 1. The molecule has 4 aromatic rings. The Labute approximate surface area is 218 Å². The van der Waals surface area contributed by atoms with Gasteiger partial charge in [-0.15, -0.1) is 11.3 Å². The number of carbonyl (C=O) groups excluding carboxylic acids is 1. The van der Waals surface area contributed by atoms with Crippen LogP contribution < -0.4 is 5.32 Å². The number of rotatable bonds is 9. The van der Waals surface area contributed by atoms with Crippen molar-refractivity contribution >= 4 is 75.9 Å². The van der Waals surface area contributed by atoms with Crippen molar-refractivity contribution in [3.05, 3.63) is 42.0 Å². The minimum absolute atomic E-state index is 0.188. The van der Waals surface area contributed by atoms with E-state index in [1.807, 2.05) is 46.1 Å². The number of aromatic nitrogens is 2. The van der Waals surface area contributed by atoms with Crippen LogP contribution in [-0.2, 0) is 10.0 Å². The summed E-state index contributed by atoms with van der Waals surface area (Å²) >= 11 is 4.63. The van der Waals surface area contributed by atoms with Crippen LogP contribution in [0, 0.1) is 11.8 Å². The van der Waals surface area contributed by atoms with Crippen molar-refractivity contribution < 1.29 is 13.2 Å². The zero-order chi connectivity index (χ0) is 25.3. The van der Waals surface area contributed by atoms with Crippen molar-refractivity contribution in [3.8, 4) is 0 Å². The van der Waals surface area contributed by atoms with Gasteiger partial charge in [0.2, 0.25) is 10.0 Å². The number of hydrogen-bond acceptors (Lipinski definition) is 8. The Balaban J connectivity index is 1.54. The van der Waals surface area contributed by atoms with E-state index in [2.05, 4.69) is 15.3 Å². The van der Waals surface area contributed by atoms with Gasteiger partial charge in [-0.3, -0.25) is 10.1 Å². The summed E-state index contributed by atoms with van der Waals surface area (Å²) in [7, 11) is -3.65. The topological polar surface area (TPSA) is 92.3 Å². The molecule has 35 heavy (non-hydrogen) atoms. The third-order valence-electron chi connectivity index (χ3n) is 5.18. The molecule has 0 aliphatic carbocycles. The van der Waals surface area contributed by atoms with Crippen LogP contribution in [0.1, 0.15) is 38.1 Å². The molecular weight excluding hydrogens is 521 g/mol. The second-order valence-corrected chi connectivity index (χ2v) is 14.0. The van der Waals surface area contributed by atoms with Gasteiger partial charge in [0, 0.05) is 18.7 Å². The molecule has 1 amide bonds. The fourth-order valence-corrected chi connectivity index (χ4v) is 8.10. The lowest BCUT2D eigenvalue weighted by molar-refractivity contribution is 0.102. The number of thioether (sulfide) groups is 1. The normalized spacial score (nSPS) is 12.5. The molecule has 0 fully saturated rings. The van der Waals surface area contributed by atoms with Gasteiger partial charge < -0.3 is 0 Å². The van der Waals surface area contributed by atoms with Gasteiger partial charge in [-0.2, -0.15) is 4.31 Å². The number of hydrogen-bond donors (Lipinski definition) is 1. The SMILES string of the molecule is CSc1nc2ccc3nc(NC(=O)c4ccc(S(=O)(=O)N(CC(C)C)CC(C)C)cc4)sc3c2s1. The summed E-state index contributed by atoms with van der Waals surface area (Å²) in [5.74, 6) is 0.0846. The second kappa shape index (κ2) is 10.5. The first kappa shape index (κ1) is 26.0. The fourth-order valence-electron chi connectivity index (χ4n) is 3.68. The lowest BCUT2D eigenvalue weighted by Gasteiger charge is -2.25. The molecule has 186 valence electrons. The molecule has 0 radical (unpaired) electrons. The van der Waals surface area contributed by atoms with E-state index in [4.69, 9.17) is 0 Å². The van der Waals surface area contributed by atoms with E-state index in [9.17, 15) is 13.2 Å². The molecule has 2 aromatic heterocycles. The van der Waals surface area contributed by atoms with Gasteiger partial charge >= 0.3 is 0 Å². The van der Waals surface area contributed by atoms with Crippen LogP contribution in [0.15, 0.2) is 45.6 Å². The number of amides is 1.